The van der Waals surface area contributed by atoms with Crippen LogP contribution in [0.25, 0.3) is 0 Å². The lowest BCUT2D eigenvalue weighted by Crippen LogP contribution is -2.47. The molecule has 1 amide bonds. The van der Waals surface area contributed by atoms with Crippen LogP contribution in [-0.2, 0) is 4.79 Å². The highest BCUT2D eigenvalue weighted by atomic mass is 32.2. The maximum atomic E-state index is 11.0. The van der Waals surface area contributed by atoms with Crippen molar-refractivity contribution < 1.29 is 4.79 Å². The van der Waals surface area contributed by atoms with Crippen LogP contribution in [0.4, 0.5) is 0 Å². The van der Waals surface area contributed by atoms with Crippen molar-refractivity contribution in [3.8, 4) is 0 Å². The molecule has 1 heterocycles. The van der Waals surface area contributed by atoms with Gasteiger partial charge in [0.15, 0.2) is 0 Å². The van der Waals surface area contributed by atoms with E-state index in [-0.39, 0.29) is 11.9 Å². The Morgan fingerprint density at radius 2 is 2.38 bits per heavy atom. The van der Waals surface area contributed by atoms with Gasteiger partial charge in [-0.1, -0.05) is 0 Å². The summed E-state index contributed by atoms with van der Waals surface area (Å²) in [6.45, 7) is 1.88. The standard InChI is InChI=1S/C9H18N2OS/c1-7(9(10)12)11(2)8-4-3-5-13-6-8/h7-8H,3-6H2,1-2H3,(H2,10,12). The minimum Gasteiger partial charge on any atom is -0.368 e. The van der Waals surface area contributed by atoms with E-state index in [4.69, 9.17) is 5.73 Å². The van der Waals surface area contributed by atoms with Crippen molar-refractivity contribution >= 4 is 17.7 Å². The van der Waals surface area contributed by atoms with E-state index in [2.05, 4.69) is 4.90 Å². The van der Waals surface area contributed by atoms with E-state index in [9.17, 15) is 4.79 Å². The fourth-order valence-electron chi connectivity index (χ4n) is 1.56. The van der Waals surface area contributed by atoms with Crippen LogP contribution >= 0.6 is 11.8 Å². The van der Waals surface area contributed by atoms with Gasteiger partial charge >= 0.3 is 0 Å². The quantitative estimate of drug-likeness (QED) is 0.732. The number of rotatable bonds is 3. The SMILES string of the molecule is CC(C(N)=O)N(C)C1CCCSC1. The lowest BCUT2D eigenvalue weighted by molar-refractivity contribution is -0.122. The third kappa shape index (κ3) is 2.88. The molecule has 1 rings (SSSR count). The maximum absolute atomic E-state index is 11.0. The average Bonchev–Trinajstić information content (AvgIpc) is 2.17. The molecule has 2 N–H and O–H groups in total. The van der Waals surface area contributed by atoms with E-state index in [0.717, 1.165) is 5.75 Å². The Bertz CT molecular complexity index is 180. The van der Waals surface area contributed by atoms with Crippen molar-refractivity contribution in [1.82, 2.24) is 4.90 Å². The largest absolute Gasteiger partial charge is 0.368 e. The number of nitrogens with zero attached hydrogens (tertiary/aromatic N) is 1. The number of thioether (sulfide) groups is 1. The van der Waals surface area contributed by atoms with Gasteiger partial charge in [0.1, 0.15) is 0 Å². The predicted octanol–water partition coefficient (Wildman–Crippen LogP) is 0.688. The molecule has 1 aliphatic rings. The second-order valence-electron chi connectivity index (χ2n) is 3.61. The average molecular weight is 202 g/mol. The molecule has 0 aromatic carbocycles. The number of amides is 1. The van der Waals surface area contributed by atoms with Gasteiger partial charge in [-0.25, -0.2) is 0 Å². The van der Waals surface area contributed by atoms with Crippen LogP contribution < -0.4 is 5.73 Å². The number of carbonyl (C=O) groups is 1. The predicted molar refractivity (Wildman–Crippen MR) is 56.8 cm³/mol. The van der Waals surface area contributed by atoms with Crippen LogP contribution in [-0.4, -0.2) is 41.4 Å². The Kier molecular flexibility index (Phi) is 4.06. The summed E-state index contributed by atoms with van der Waals surface area (Å²) in [6, 6.07) is 0.393. The van der Waals surface area contributed by atoms with Gasteiger partial charge in [-0.15, -0.1) is 0 Å². The van der Waals surface area contributed by atoms with E-state index < -0.39 is 0 Å². The molecule has 2 atom stereocenters. The molecule has 1 saturated heterocycles. The Hall–Kier alpha value is -0.220. The molecular weight excluding hydrogens is 184 g/mol. The third-order valence-corrected chi connectivity index (χ3v) is 3.93. The number of nitrogens with two attached hydrogens (primary N) is 1. The smallest absolute Gasteiger partial charge is 0.234 e. The van der Waals surface area contributed by atoms with Gasteiger partial charge in [0.2, 0.25) is 5.91 Å². The van der Waals surface area contributed by atoms with E-state index in [1.165, 1.54) is 18.6 Å². The number of hydrogen-bond donors (Lipinski definition) is 1. The monoisotopic (exact) mass is 202 g/mol. The Balaban J connectivity index is 2.44. The van der Waals surface area contributed by atoms with E-state index in [1.807, 2.05) is 25.7 Å². The number of likely N-dealkylation sites (N-methyl/N-ethyl adjacent to an activating group) is 1. The van der Waals surface area contributed by atoms with Crippen molar-refractivity contribution in [1.29, 1.82) is 0 Å². The highest BCUT2D eigenvalue weighted by Gasteiger charge is 2.24. The molecule has 0 aliphatic carbocycles. The second kappa shape index (κ2) is 4.86. The first-order valence-corrected chi connectivity index (χ1v) is 5.87. The fraction of sp³-hybridized carbons (Fsp3) is 0.889. The van der Waals surface area contributed by atoms with Gasteiger partial charge < -0.3 is 5.73 Å². The highest BCUT2D eigenvalue weighted by Crippen LogP contribution is 2.21. The summed E-state index contributed by atoms with van der Waals surface area (Å²) in [5, 5.41) is 0. The molecule has 1 aliphatic heterocycles. The van der Waals surface area contributed by atoms with E-state index in [0.29, 0.717) is 6.04 Å². The normalized spacial score (nSPS) is 25.9. The molecule has 2 unspecified atom stereocenters. The molecular formula is C9H18N2OS. The van der Waals surface area contributed by atoms with Crippen LogP contribution in [0.1, 0.15) is 19.8 Å². The van der Waals surface area contributed by atoms with Crippen molar-refractivity contribution in [2.24, 2.45) is 5.73 Å². The van der Waals surface area contributed by atoms with Crippen molar-refractivity contribution in [3.63, 3.8) is 0 Å². The summed E-state index contributed by atoms with van der Waals surface area (Å²) in [5.74, 6) is 2.17. The van der Waals surface area contributed by atoms with Gasteiger partial charge in [0.05, 0.1) is 6.04 Å². The van der Waals surface area contributed by atoms with Gasteiger partial charge in [0.25, 0.3) is 0 Å². The summed E-state index contributed by atoms with van der Waals surface area (Å²) in [5.41, 5.74) is 5.26. The molecule has 76 valence electrons. The summed E-state index contributed by atoms with van der Waals surface area (Å²) >= 11 is 1.97. The zero-order valence-electron chi connectivity index (χ0n) is 8.32. The Morgan fingerprint density at radius 3 is 2.85 bits per heavy atom. The molecule has 1 fully saturated rings. The summed E-state index contributed by atoms with van der Waals surface area (Å²) in [6.07, 6.45) is 2.45. The zero-order valence-corrected chi connectivity index (χ0v) is 9.14. The van der Waals surface area contributed by atoms with Crippen LogP contribution in [0.2, 0.25) is 0 Å². The molecule has 4 heteroatoms. The van der Waals surface area contributed by atoms with Crippen LogP contribution in [0.5, 0.6) is 0 Å². The van der Waals surface area contributed by atoms with Crippen molar-refractivity contribution in [3.05, 3.63) is 0 Å². The molecule has 0 radical (unpaired) electrons. The molecule has 3 nitrogen and oxygen atoms in total. The first-order chi connectivity index (χ1) is 6.13. The first-order valence-electron chi connectivity index (χ1n) is 4.72. The van der Waals surface area contributed by atoms with Gasteiger partial charge in [-0.3, -0.25) is 9.69 Å². The zero-order chi connectivity index (χ0) is 9.84. The fourth-order valence-corrected chi connectivity index (χ4v) is 2.77. The van der Waals surface area contributed by atoms with E-state index >= 15 is 0 Å². The molecule has 0 aromatic heterocycles. The van der Waals surface area contributed by atoms with Gasteiger partial charge in [-0.05, 0) is 32.6 Å². The first kappa shape index (κ1) is 10.9. The van der Waals surface area contributed by atoms with Crippen LogP contribution in [0.15, 0.2) is 0 Å². The van der Waals surface area contributed by atoms with Crippen molar-refractivity contribution in [2.75, 3.05) is 18.6 Å². The molecule has 0 spiro atoms. The third-order valence-electron chi connectivity index (χ3n) is 2.73. The number of carbonyl (C=O) groups excluding carboxylic acids is 1. The minimum atomic E-state index is -0.224. The van der Waals surface area contributed by atoms with Gasteiger partial charge in [-0.2, -0.15) is 11.8 Å². The Labute approximate surface area is 84.0 Å². The molecule has 0 saturated carbocycles. The highest BCUT2D eigenvalue weighted by molar-refractivity contribution is 7.99. The topological polar surface area (TPSA) is 46.3 Å². The minimum absolute atomic E-state index is 0.135. The van der Waals surface area contributed by atoms with Crippen LogP contribution in [0, 0.1) is 0 Å². The molecule has 0 bridgehead atoms. The molecule has 0 aromatic rings. The van der Waals surface area contributed by atoms with Gasteiger partial charge in [0, 0.05) is 11.8 Å². The second-order valence-corrected chi connectivity index (χ2v) is 4.76. The summed E-state index contributed by atoms with van der Waals surface area (Å²) in [4.78, 5) is 13.1. The summed E-state index contributed by atoms with van der Waals surface area (Å²) < 4.78 is 0. The number of primary amides is 1. The Morgan fingerprint density at radius 1 is 1.69 bits per heavy atom. The maximum Gasteiger partial charge on any atom is 0.234 e. The van der Waals surface area contributed by atoms with E-state index in [1.54, 1.807) is 0 Å². The van der Waals surface area contributed by atoms with Crippen molar-refractivity contribution in [2.45, 2.75) is 31.8 Å². The lowest BCUT2D eigenvalue weighted by Gasteiger charge is -2.33. The lowest BCUT2D eigenvalue weighted by atomic mass is 10.1. The number of hydrogen-bond acceptors (Lipinski definition) is 3. The molecule has 13 heavy (non-hydrogen) atoms. The van der Waals surface area contributed by atoms with Crippen LogP contribution in [0.3, 0.4) is 0 Å². The summed E-state index contributed by atoms with van der Waals surface area (Å²) in [7, 11) is 1.99.